The molecule has 0 bridgehead atoms. The van der Waals surface area contributed by atoms with Crippen molar-refractivity contribution in [1.29, 1.82) is 0 Å². The first kappa shape index (κ1) is 15.5. The smallest absolute Gasteiger partial charge is 0.133 e. The Labute approximate surface area is 136 Å². The lowest BCUT2D eigenvalue weighted by atomic mass is 10.1. The van der Waals surface area contributed by atoms with Crippen LogP contribution in [0.4, 0.5) is 0 Å². The van der Waals surface area contributed by atoms with Gasteiger partial charge in [0.05, 0.1) is 17.1 Å². The molecule has 2 aromatic heterocycles. The number of nitrogens with one attached hydrogen (secondary N) is 1. The van der Waals surface area contributed by atoms with Gasteiger partial charge in [-0.3, -0.25) is 0 Å². The second kappa shape index (κ2) is 6.79. The van der Waals surface area contributed by atoms with Gasteiger partial charge >= 0.3 is 0 Å². The first-order valence-corrected chi connectivity index (χ1v) is 7.90. The van der Waals surface area contributed by atoms with Crippen LogP contribution in [0.1, 0.15) is 42.5 Å². The van der Waals surface area contributed by atoms with Crippen molar-refractivity contribution in [2.75, 3.05) is 0 Å². The average molecular weight is 310 g/mol. The van der Waals surface area contributed by atoms with Crippen molar-refractivity contribution < 1.29 is 4.52 Å². The van der Waals surface area contributed by atoms with Gasteiger partial charge in [0.15, 0.2) is 0 Å². The predicted molar refractivity (Wildman–Crippen MR) is 89.4 cm³/mol. The van der Waals surface area contributed by atoms with Crippen LogP contribution < -0.4 is 5.32 Å². The van der Waals surface area contributed by atoms with Gasteiger partial charge in [-0.05, 0) is 25.0 Å². The minimum atomic E-state index is 0.381. The summed E-state index contributed by atoms with van der Waals surface area (Å²) in [5.41, 5.74) is 4.33. The molecular weight excluding hydrogens is 288 g/mol. The summed E-state index contributed by atoms with van der Waals surface area (Å²) in [6.45, 7) is 7.68. The lowest BCUT2D eigenvalue weighted by Crippen LogP contribution is -2.13. The molecule has 3 aromatic rings. The first-order valence-electron chi connectivity index (χ1n) is 7.90. The largest absolute Gasteiger partial charge is 0.361 e. The maximum absolute atomic E-state index is 5.08. The molecule has 23 heavy (non-hydrogen) atoms. The van der Waals surface area contributed by atoms with E-state index in [1.165, 1.54) is 5.56 Å². The number of para-hydroxylation sites is 1. The normalized spacial score (nSPS) is 11.3. The second-order valence-corrected chi connectivity index (χ2v) is 6.01. The Morgan fingerprint density at radius 3 is 2.61 bits per heavy atom. The molecule has 0 aliphatic heterocycles. The van der Waals surface area contributed by atoms with E-state index < -0.39 is 0 Å². The third-order valence-electron chi connectivity index (χ3n) is 3.69. The van der Waals surface area contributed by atoms with Crippen LogP contribution in [0, 0.1) is 6.92 Å². The summed E-state index contributed by atoms with van der Waals surface area (Å²) >= 11 is 0. The quantitative estimate of drug-likeness (QED) is 0.756. The Morgan fingerprint density at radius 2 is 1.96 bits per heavy atom. The van der Waals surface area contributed by atoms with Crippen molar-refractivity contribution in [2.24, 2.45) is 0 Å². The lowest BCUT2D eigenvalue weighted by molar-refractivity contribution is 0.388. The zero-order chi connectivity index (χ0) is 16.2. The summed E-state index contributed by atoms with van der Waals surface area (Å²) in [7, 11) is 0. The van der Waals surface area contributed by atoms with Crippen LogP contribution in [-0.4, -0.2) is 14.9 Å². The van der Waals surface area contributed by atoms with Crippen molar-refractivity contribution in [3.8, 4) is 5.69 Å². The van der Waals surface area contributed by atoms with Crippen molar-refractivity contribution in [3.05, 3.63) is 65.3 Å². The van der Waals surface area contributed by atoms with Gasteiger partial charge in [-0.2, -0.15) is 5.10 Å². The third-order valence-corrected chi connectivity index (χ3v) is 3.69. The van der Waals surface area contributed by atoms with Crippen LogP contribution in [0.25, 0.3) is 5.69 Å². The summed E-state index contributed by atoms with van der Waals surface area (Å²) in [6.07, 6.45) is 2.10. The van der Waals surface area contributed by atoms with E-state index in [0.29, 0.717) is 12.5 Å². The Morgan fingerprint density at radius 1 is 1.17 bits per heavy atom. The number of aryl methyl sites for hydroxylation is 1. The first-order chi connectivity index (χ1) is 11.1. The minimum Gasteiger partial charge on any atom is -0.361 e. The van der Waals surface area contributed by atoms with E-state index in [9.17, 15) is 0 Å². The Balaban J connectivity index is 1.74. The third kappa shape index (κ3) is 3.68. The van der Waals surface area contributed by atoms with Gasteiger partial charge in [-0.25, -0.2) is 4.68 Å². The molecule has 5 heteroatoms. The van der Waals surface area contributed by atoms with Crippen LogP contribution >= 0.6 is 0 Å². The van der Waals surface area contributed by atoms with Crippen LogP contribution in [0.2, 0.25) is 0 Å². The molecule has 0 aliphatic rings. The van der Waals surface area contributed by atoms with Crippen LogP contribution in [0.5, 0.6) is 0 Å². The Hall–Kier alpha value is -2.40. The minimum absolute atomic E-state index is 0.381. The SMILES string of the molecule is Cc1cc(CNCc2cn(-c3ccccc3)nc2C(C)C)no1. The highest BCUT2D eigenvalue weighted by Crippen LogP contribution is 2.20. The van der Waals surface area contributed by atoms with E-state index in [1.807, 2.05) is 35.9 Å². The molecule has 3 rings (SSSR count). The predicted octanol–water partition coefficient (Wildman–Crippen LogP) is 3.58. The highest BCUT2D eigenvalue weighted by atomic mass is 16.5. The van der Waals surface area contributed by atoms with Crippen molar-refractivity contribution >= 4 is 0 Å². The highest BCUT2D eigenvalue weighted by molar-refractivity contribution is 5.33. The fourth-order valence-corrected chi connectivity index (χ4v) is 2.58. The van der Waals surface area contributed by atoms with Gasteiger partial charge in [0.2, 0.25) is 0 Å². The Kier molecular flexibility index (Phi) is 4.57. The van der Waals surface area contributed by atoms with E-state index in [0.717, 1.165) is 29.4 Å². The summed E-state index contributed by atoms with van der Waals surface area (Å²) in [6, 6.07) is 12.1. The zero-order valence-corrected chi connectivity index (χ0v) is 13.8. The van der Waals surface area contributed by atoms with Crippen molar-refractivity contribution in [3.63, 3.8) is 0 Å². The molecule has 0 atom stereocenters. The monoisotopic (exact) mass is 310 g/mol. The van der Waals surface area contributed by atoms with E-state index in [-0.39, 0.29) is 0 Å². The molecule has 0 amide bonds. The fraction of sp³-hybridized carbons (Fsp3) is 0.333. The fourth-order valence-electron chi connectivity index (χ4n) is 2.58. The molecule has 120 valence electrons. The number of nitrogens with zero attached hydrogens (tertiary/aromatic N) is 3. The van der Waals surface area contributed by atoms with Gasteiger partial charge in [-0.15, -0.1) is 0 Å². The summed E-state index contributed by atoms with van der Waals surface area (Å²) in [5.74, 6) is 1.22. The molecule has 0 saturated carbocycles. The van der Waals surface area contributed by atoms with Gasteiger partial charge in [0.1, 0.15) is 5.76 Å². The van der Waals surface area contributed by atoms with Gasteiger partial charge in [0.25, 0.3) is 0 Å². The molecule has 0 fully saturated rings. The number of hydrogen-bond donors (Lipinski definition) is 1. The van der Waals surface area contributed by atoms with Crippen molar-refractivity contribution in [1.82, 2.24) is 20.3 Å². The lowest BCUT2D eigenvalue weighted by Gasteiger charge is -2.05. The van der Waals surface area contributed by atoms with Gasteiger partial charge < -0.3 is 9.84 Å². The summed E-state index contributed by atoms with van der Waals surface area (Å²) in [4.78, 5) is 0. The second-order valence-electron chi connectivity index (χ2n) is 6.01. The van der Waals surface area contributed by atoms with Crippen LogP contribution in [-0.2, 0) is 13.1 Å². The molecule has 1 aromatic carbocycles. The molecule has 1 N–H and O–H groups in total. The molecule has 0 aliphatic carbocycles. The molecule has 2 heterocycles. The number of hydrogen-bond acceptors (Lipinski definition) is 4. The molecule has 0 unspecified atom stereocenters. The maximum Gasteiger partial charge on any atom is 0.133 e. The molecule has 0 saturated heterocycles. The van der Waals surface area contributed by atoms with Gasteiger partial charge in [-0.1, -0.05) is 37.2 Å². The summed E-state index contributed by atoms with van der Waals surface area (Å²) < 4.78 is 7.04. The van der Waals surface area contributed by atoms with E-state index in [2.05, 4.69) is 42.7 Å². The molecular formula is C18H22N4O. The maximum atomic E-state index is 5.08. The Bertz CT molecular complexity index is 758. The van der Waals surface area contributed by atoms with E-state index in [4.69, 9.17) is 9.62 Å². The number of rotatable bonds is 6. The van der Waals surface area contributed by atoms with E-state index >= 15 is 0 Å². The summed E-state index contributed by atoms with van der Waals surface area (Å²) in [5, 5.41) is 12.2. The topological polar surface area (TPSA) is 55.9 Å². The highest BCUT2D eigenvalue weighted by Gasteiger charge is 2.13. The number of benzene rings is 1. The molecule has 0 radical (unpaired) electrons. The average Bonchev–Trinajstić information content (AvgIpc) is 3.15. The van der Waals surface area contributed by atoms with E-state index in [1.54, 1.807) is 0 Å². The zero-order valence-electron chi connectivity index (χ0n) is 13.8. The van der Waals surface area contributed by atoms with Crippen molar-refractivity contribution in [2.45, 2.75) is 39.8 Å². The molecule has 5 nitrogen and oxygen atoms in total. The van der Waals surface area contributed by atoms with Crippen LogP contribution in [0.15, 0.2) is 47.1 Å². The number of aromatic nitrogens is 3. The molecule has 0 spiro atoms. The van der Waals surface area contributed by atoms with Crippen LogP contribution in [0.3, 0.4) is 0 Å². The van der Waals surface area contributed by atoms with Gasteiger partial charge in [0, 0.05) is 30.9 Å². The standard InChI is InChI=1S/C18H22N4O/c1-13(2)18-15(10-19-11-16-9-14(3)23-21-16)12-22(20-18)17-7-5-4-6-8-17/h4-9,12-13,19H,10-11H2,1-3H3.